The highest BCUT2D eigenvalue weighted by Crippen LogP contribution is 2.40. The Kier molecular flexibility index (Phi) is 4.16. The Labute approximate surface area is 166 Å². The van der Waals surface area contributed by atoms with Crippen molar-refractivity contribution in [3.63, 3.8) is 0 Å². The van der Waals surface area contributed by atoms with Gasteiger partial charge in [-0.3, -0.25) is 4.99 Å². The molecule has 2 aromatic rings. The summed E-state index contributed by atoms with van der Waals surface area (Å²) in [6, 6.07) is 10.6. The van der Waals surface area contributed by atoms with E-state index >= 15 is 0 Å². The van der Waals surface area contributed by atoms with Crippen molar-refractivity contribution in [3.8, 4) is 5.75 Å². The van der Waals surface area contributed by atoms with Crippen LogP contribution in [0.5, 0.6) is 5.75 Å². The maximum absolute atomic E-state index is 6.18. The number of pyridine rings is 1. The van der Waals surface area contributed by atoms with Gasteiger partial charge in [-0.05, 0) is 63.4 Å². The zero-order chi connectivity index (χ0) is 19.3. The maximum Gasteiger partial charge on any atom is 0.129 e. The fraction of sp³-hybridized carbons (Fsp3) is 0.478. The Balaban J connectivity index is 1.43. The van der Waals surface area contributed by atoms with Crippen molar-refractivity contribution in [1.82, 2.24) is 4.98 Å². The third-order valence-corrected chi connectivity index (χ3v) is 5.82. The molecule has 0 N–H and O–H groups in total. The van der Waals surface area contributed by atoms with Crippen LogP contribution in [0.3, 0.4) is 0 Å². The lowest BCUT2D eigenvalue weighted by molar-refractivity contribution is -0.00546. The van der Waals surface area contributed by atoms with Gasteiger partial charge in [0.05, 0.1) is 24.5 Å². The van der Waals surface area contributed by atoms with Gasteiger partial charge < -0.3 is 14.4 Å². The van der Waals surface area contributed by atoms with Crippen molar-refractivity contribution in [2.45, 2.75) is 58.0 Å². The third-order valence-electron chi connectivity index (χ3n) is 5.82. The molecule has 1 saturated carbocycles. The molecule has 3 heterocycles. The van der Waals surface area contributed by atoms with Gasteiger partial charge in [0.2, 0.25) is 0 Å². The SMILES string of the molecule is C[C@@H]1CN(c2cc(C3=NCc4ccc(OC5(C)CC5)cc43)ccn2)C[C@H](C)O1. The molecular formula is C23H27N3O2. The quantitative estimate of drug-likeness (QED) is 0.809. The molecule has 1 aliphatic carbocycles. The number of nitrogens with zero attached hydrogens (tertiary/aromatic N) is 3. The number of fused-ring (bicyclic) bond motifs is 1. The first-order chi connectivity index (χ1) is 13.5. The first-order valence-electron chi connectivity index (χ1n) is 10.2. The predicted molar refractivity (Wildman–Crippen MR) is 111 cm³/mol. The summed E-state index contributed by atoms with van der Waals surface area (Å²) in [5, 5.41) is 0. The monoisotopic (exact) mass is 377 g/mol. The van der Waals surface area contributed by atoms with Crippen molar-refractivity contribution in [2.75, 3.05) is 18.0 Å². The molecule has 2 atom stereocenters. The van der Waals surface area contributed by atoms with Crippen LogP contribution in [0.15, 0.2) is 41.5 Å². The highest BCUT2D eigenvalue weighted by atomic mass is 16.5. The Morgan fingerprint density at radius 2 is 1.89 bits per heavy atom. The predicted octanol–water partition coefficient (Wildman–Crippen LogP) is 3.98. The van der Waals surface area contributed by atoms with Crippen molar-refractivity contribution in [3.05, 3.63) is 53.2 Å². The summed E-state index contributed by atoms with van der Waals surface area (Å²) in [7, 11) is 0. The zero-order valence-corrected chi connectivity index (χ0v) is 16.8. The number of anilines is 1. The van der Waals surface area contributed by atoms with Gasteiger partial charge in [0, 0.05) is 30.4 Å². The molecule has 0 amide bonds. The standard InChI is InChI=1S/C23H27N3O2/c1-15-13-26(14-16(2)27-15)21-10-17(6-9-24-21)22-20-11-19(28-23(3)7-8-23)5-4-18(20)12-25-22/h4-6,9-11,15-16H,7-8,12-14H2,1-3H3/t15-,16+. The van der Waals surface area contributed by atoms with Gasteiger partial charge in [0.25, 0.3) is 0 Å². The summed E-state index contributed by atoms with van der Waals surface area (Å²) < 4.78 is 12.0. The molecule has 1 aromatic carbocycles. The van der Waals surface area contributed by atoms with Crippen molar-refractivity contribution in [1.29, 1.82) is 0 Å². The molecule has 146 valence electrons. The summed E-state index contributed by atoms with van der Waals surface area (Å²) in [4.78, 5) is 11.8. The Bertz CT molecular complexity index is 925. The minimum Gasteiger partial charge on any atom is -0.488 e. The summed E-state index contributed by atoms with van der Waals surface area (Å²) >= 11 is 0. The number of aromatic nitrogens is 1. The minimum absolute atomic E-state index is 0.0255. The van der Waals surface area contributed by atoms with Gasteiger partial charge in [-0.2, -0.15) is 0 Å². The van der Waals surface area contributed by atoms with E-state index in [-0.39, 0.29) is 17.8 Å². The van der Waals surface area contributed by atoms with E-state index in [2.05, 4.69) is 61.0 Å². The van der Waals surface area contributed by atoms with Crippen molar-refractivity contribution < 1.29 is 9.47 Å². The maximum atomic E-state index is 6.18. The lowest BCUT2D eigenvalue weighted by atomic mass is 10.0. The summed E-state index contributed by atoms with van der Waals surface area (Å²) in [6.07, 6.45) is 4.58. The fourth-order valence-corrected chi connectivity index (χ4v) is 4.14. The van der Waals surface area contributed by atoms with E-state index in [4.69, 9.17) is 14.5 Å². The van der Waals surface area contributed by atoms with Gasteiger partial charge in [0.1, 0.15) is 17.2 Å². The Morgan fingerprint density at radius 1 is 1.11 bits per heavy atom. The third kappa shape index (κ3) is 3.39. The van der Waals surface area contributed by atoms with E-state index in [0.29, 0.717) is 0 Å². The number of aliphatic imine (C=N–C) groups is 1. The van der Waals surface area contributed by atoms with E-state index < -0.39 is 0 Å². The Hall–Kier alpha value is -2.40. The molecular weight excluding hydrogens is 350 g/mol. The molecule has 2 fully saturated rings. The molecule has 28 heavy (non-hydrogen) atoms. The Morgan fingerprint density at radius 3 is 2.64 bits per heavy atom. The molecule has 0 spiro atoms. The van der Waals surface area contributed by atoms with Gasteiger partial charge >= 0.3 is 0 Å². The van der Waals surface area contributed by atoms with Crippen LogP contribution in [0.2, 0.25) is 0 Å². The highest BCUT2D eigenvalue weighted by molar-refractivity contribution is 6.15. The van der Waals surface area contributed by atoms with Crippen LogP contribution in [0, 0.1) is 0 Å². The number of morpholine rings is 1. The average Bonchev–Trinajstić information content (AvgIpc) is 3.24. The molecule has 0 radical (unpaired) electrons. The lowest BCUT2D eigenvalue weighted by Gasteiger charge is -2.36. The minimum atomic E-state index is 0.0255. The fourth-order valence-electron chi connectivity index (χ4n) is 4.14. The average molecular weight is 377 g/mol. The number of rotatable bonds is 4. The van der Waals surface area contributed by atoms with Crippen LogP contribution >= 0.6 is 0 Å². The van der Waals surface area contributed by atoms with Crippen molar-refractivity contribution in [2.24, 2.45) is 4.99 Å². The normalized spacial score (nSPS) is 25.2. The van der Waals surface area contributed by atoms with Gasteiger partial charge in [-0.15, -0.1) is 0 Å². The van der Waals surface area contributed by atoms with E-state index in [0.717, 1.165) is 55.3 Å². The van der Waals surface area contributed by atoms with E-state index in [1.807, 2.05) is 6.20 Å². The van der Waals surface area contributed by atoms with Crippen LogP contribution in [-0.2, 0) is 11.3 Å². The van der Waals surface area contributed by atoms with Gasteiger partial charge in [0.15, 0.2) is 0 Å². The van der Waals surface area contributed by atoms with Crippen molar-refractivity contribution >= 4 is 11.5 Å². The van der Waals surface area contributed by atoms with E-state index in [9.17, 15) is 0 Å². The number of ether oxygens (including phenoxy) is 2. The second-order valence-corrected chi connectivity index (χ2v) is 8.60. The first-order valence-corrected chi connectivity index (χ1v) is 10.2. The molecule has 1 aromatic heterocycles. The number of hydrogen-bond donors (Lipinski definition) is 0. The summed E-state index contributed by atoms with van der Waals surface area (Å²) in [5.74, 6) is 1.94. The highest BCUT2D eigenvalue weighted by Gasteiger charge is 2.40. The molecule has 2 aliphatic heterocycles. The zero-order valence-electron chi connectivity index (χ0n) is 16.8. The molecule has 5 nitrogen and oxygen atoms in total. The molecule has 0 unspecified atom stereocenters. The van der Waals surface area contributed by atoms with Gasteiger partial charge in [-0.25, -0.2) is 4.98 Å². The second kappa shape index (κ2) is 6.59. The van der Waals surface area contributed by atoms with Crippen LogP contribution in [0.4, 0.5) is 5.82 Å². The van der Waals surface area contributed by atoms with Crippen LogP contribution in [0.1, 0.15) is 50.3 Å². The van der Waals surface area contributed by atoms with Crippen LogP contribution in [-0.4, -0.2) is 41.6 Å². The van der Waals surface area contributed by atoms with E-state index in [1.54, 1.807) is 0 Å². The molecule has 0 bridgehead atoms. The molecule has 5 rings (SSSR count). The van der Waals surface area contributed by atoms with Gasteiger partial charge in [-0.1, -0.05) is 6.07 Å². The first kappa shape index (κ1) is 17.7. The molecule has 1 saturated heterocycles. The summed E-state index contributed by atoms with van der Waals surface area (Å²) in [5.41, 5.74) is 4.63. The molecule has 3 aliphatic rings. The topological polar surface area (TPSA) is 47.0 Å². The number of benzene rings is 1. The van der Waals surface area contributed by atoms with Crippen LogP contribution in [0.25, 0.3) is 0 Å². The van der Waals surface area contributed by atoms with Crippen LogP contribution < -0.4 is 9.64 Å². The van der Waals surface area contributed by atoms with E-state index in [1.165, 1.54) is 11.1 Å². The number of hydrogen-bond acceptors (Lipinski definition) is 5. The second-order valence-electron chi connectivity index (χ2n) is 8.60. The largest absolute Gasteiger partial charge is 0.488 e. The molecule has 5 heteroatoms. The smallest absolute Gasteiger partial charge is 0.129 e. The summed E-state index contributed by atoms with van der Waals surface area (Å²) in [6.45, 7) is 8.86. The lowest BCUT2D eigenvalue weighted by Crippen LogP contribution is -2.45.